The molecule has 0 aliphatic rings. The topological polar surface area (TPSA) is 42.1 Å². The summed E-state index contributed by atoms with van der Waals surface area (Å²) in [5.74, 6) is 0. The minimum absolute atomic E-state index is 0.304. The maximum atomic E-state index is 6.00. The summed E-state index contributed by atoms with van der Waals surface area (Å²) >= 11 is 0. The summed E-state index contributed by atoms with van der Waals surface area (Å²) in [6, 6.07) is 6.36. The van der Waals surface area contributed by atoms with Gasteiger partial charge < -0.3 is 10.6 Å². The predicted octanol–water partition coefficient (Wildman–Crippen LogP) is 1.68. The van der Waals surface area contributed by atoms with Crippen LogP contribution in [-0.2, 0) is 6.42 Å². The molecule has 0 aliphatic heterocycles. The molecule has 0 saturated heterocycles. The number of hydrogen-bond acceptors (Lipinski definition) is 3. The fraction of sp³-hybridized carbons (Fsp3) is 0.615. The quantitative estimate of drug-likeness (QED) is 0.762. The average Bonchev–Trinajstić information content (AvgIpc) is 2.28. The number of hydrogen-bond donors (Lipinski definition) is 1. The van der Waals surface area contributed by atoms with Crippen LogP contribution in [0.5, 0.6) is 0 Å². The summed E-state index contributed by atoms with van der Waals surface area (Å²) in [6.45, 7) is 4.17. The van der Waals surface area contributed by atoms with E-state index in [4.69, 9.17) is 5.73 Å². The number of nitrogens with two attached hydrogens (primary N) is 1. The van der Waals surface area contributed by atoms with E-state index in [1.54, 1.807) is 0 Å². The van der Waals surface area contributed by atoms with Gasteiger partial charge in [-0.2, -0.15) is 0 Å². The molecule has 0 bridgehead atoms. The Bertz CT molecular complexity index is 274. The highest BCUT2D eigenvalue weighted by Crippen LogP contribution is 1.99. The molecule has 0 aliphatic carbocycles. The SMILES string of the molecule is CCC[C@@H](N)CN(C)CCc1ccccn1. The highest BCUT2D eigenvalue weighted by Gasteiger charge is 2.05. The lowest BCUT2D eigenvalue weighted by molar-refractivity contribution is 0.306. The number of rotatable bonds is 7. The number of nitrogens with zero attached hydrogens (tertiary/aromatic N) is 2. The summed E-state index contributed by atoms with van der Waals surface area (Å²) in [6.07, 6.45) is 5.11. The van der Waals surface area contributed by atoms with Gasteiger partial charge in [-0.15, -0.1) is 0 Å². The Morgan fingerprint density at radius 2 is 2.25 bits per heavy atom. The lowest BCUT2D eigenvalue weighted by Gasteiger charge is -2.20. The standard InChI is InChI=1S/C13H23N3/c1-3-6-12(14)11-16(2)10-8-13-7-4-5-9-15-13/h4-5,7,9,12H,3,6,8,10-11,14H2,1-2H3/t12-/m1/s1. The van der Waals surface area contributed by atoms with Crippen LogP contribution in [0, 0.1) is 0 Å². The highest BCUT2D eigenvalue weighted by molar-refractivity contribution is 5.03. The first kappa shape index (κ1) is 13.1. The van der Waals surface area contributed by atoms with E-state index in [9.17, 15) is 0 Å². The van der Waals surface area contributed by atoms with Crippen LogP contribution in [0.4, 0.5) is 0 Å². The zero-order valence-corrected chi connectivity index (χ0v) is 10.4. The van der Waals surface area contributed by atoms with Crippen LogP contribution < -0.4 is 5.73 Å². The highest BCUT2D eigenvalue weighted by atomic mass is 15.1. The van der Waals surface area contributed by atoms with Crippen LogP contribution in [0.2, 0.25) is 0 Å². The Kier molecular flexibility index (Phi) is 6.04. The smallest absolute Gasteiger partial charge is 0.0416 e. The molecular weight excluding hydrogens is 198 g/mol. The van der Waals surface area contributed by atoms with Gasteiger partial charge in [0.2, 0.25) is 0 Å². The molecule has 1 aromatic rings. The van der Waals surface area contributed by atoms with Gasteiger partial charge in [0.25, 0.3) is 0 Å². The average molecular weight is 221 g/mol. The van der Waals surface area contributed by atoms with Crippen molar-refractivity contribution in [3.63, 3.8) is 0 Å². The molecule has 0 fully saturated rings. The van der Waals surface area contributed by atoms with Gasteiger partial charge in [-0.1, -0.05) is 19.4 Å². The summed E-state index contributed by atoms with van der Waals surface area (Å²) in [7, 11) is 2.12. The molecule has 0 aromatic carbocycles. The monoisotopic (exact) mass is 221 g/mol. The second kappa shape index (κ2) is 7.36. The zero-order chi connectivity index (χ0) is 11.8. The Morgan fingerprint density at radius 3 is 2.88 bits per heavy atom. The third-order valence-electron chi connectivity index (χ3n) is 2.68. The van der Waals surface area contributed by atoms with E-state index in [2.05, 4.69) is 29.9 Å². The zero-order valence-electron chi connectivity index (χ0n) is 10.4. The van der Waals surface area contributed by atoms with Crippen molar-refractivity contribution in [3.05, 3.63) is 30.1 Å². The van der Waals surface area contributed by atoms with Gasteiger partial charge in [0, 0.05) is 37.4 Å². The molecule has 0 saturated carbocycles. The normalized spacial score (nSPS) is 13.0. The Morgan fingerprint density at radius 1 is 1.44 bits per heavy atom. The maximum Gasteiger partial charge on any atom is 0.0416 e. The lowest BCUT2D eigenvalue weighted by Crippen LogP contribution is -2.36. The molecule has 0 amide bonds. The van der Waals surface area contributed by atoms with E-state index in [-0.39, 0.29) is 0 Å². The maximum absolute atomic E-state index is 6.00. The van der Waals surface area contributed by atoms with Crippen LogP contribution in [0.1, 0.15) is 25.5 Å². The van der Waals surface area contributed by atoms with Crippen molar-refractivity contribution >= 4 is 0 Å². The van der Waals surface area contributed by atoms with Crippen molar-refractivity contribution in [2.45, 2.75) is 32.2 Å². The molecule has 0 radical (unpaired) electrons. The van der Waals surface area contributed by atoms with Gasteiger partial charge in [0.1, 0.15) is 0 Å². The molecule has 1 rings (SSSR count). The number of aromatic nitrogens is 1. The first-order chi connectivity index (χ1) is 7.72. The number of pyridine rings is 1. The molecule has 0 unspecified atom stereocenters. The minimum Gasteiger partial charge on any atom is -0.327 e. The summed E-state index contributed by atoms with van der Waals surface area (Å²) in [4.78, 5) is 6.59. The molecule has 90 valence electrons. The molecule has 16 heavy (non-hydrogen) atoms. The van der Waals surface area contributed by atoms with Crippen LogP contribution >= 0.6 is 0 Å². The van der Waals surface area contributed by atoms with Gasteiger partial charge >= 0.3 is 0 Å². The minimum atomic E-state index is 0.304. The van der Waals surface area contributed by atoms with Gasteiger partial charge in [-0.25, -0.2) is 0 Å². The second-order valence-electron chi connectivity index (χ2n) is 4.38. The molecule has 1 aromatic heterocycles. The van der Waals surface area contributed by atoms with Crippen molar-refractivity contribution in [3.8, 4) is 0 Å². The molecule has 1 heterocycles. The second-order valence-corrected chi connectivity index (χ2v) is 4.38. The summed E-state index contributed by atoms with van der Waals surface area (Å²) < 4.78 is 0. The Balaban J connectivity index is 2.22. The molecule has 2 N–H and O–H groups in total. The van der Waals surface area contributed by atoms with Gasteiger partial charge in [-0.05, 0) is 25.6 Å². The fourth-order valence-electron chi connectivity index (χ4n) is 1.81. The third-order valence-corrected chi connectivity index (χ3v) is 2.68. The van der Waals surface area contributed by atoms with E-state index in [1.165, 1.54) is 0 Å². The van der Waals surface area contributed by atoms with Crippen molar-refractivity contribution in [1.29, 1.82) is 0 Å². The molecule has 0 spiro atoms. The first-order valence-corrected chi connectivity index (χ1v) is 6.06. The van der Waals surface area contributed by atoms with E-state index >= 15 is 0 Å². The molecule has 1 atom stereocenters. The lowest BCUT2D eigenvalue weighted by atomic mass is 10.1. The first-order valence-electron chi connectivity index (χ1n) is 6.06. The van der Waals surface area contributed by atoms with E-state index in [1.807, 2.05) is 18.3 Å². The fourth-order valence-corrected chi connectivity index (χ4v) is 1.81. The predicted molar refractivity (Wildman–Crippen MR) is 68.3 cm³/mol. The van der Waals surface area contributed by atoms with E-state index < -0.39 is 0 Å². The molecule has 3 heteroatoms. The third kappa shape index (κ3) is 5.24. The van der Waals surface area contributed by atoms with Crippen molar-refractivity contribution in [2.75, 3.05) is 20.1 Å². The van der Waals surface area contributed by atoms with E-state index in [0.29, 0.717) is 6.04 Å². The van der Waals surface area contributed by atoms with Crippen LogP contribution in [-0.4, -0.2) is 36.1 Å². The van der Waals surface area contributed by atoms with Crippen LogP contribution in [0.25, 0.3) is 0 Å². The van der Waals surface area contributed by atoms with E-state index in [0.717, 1.165) is 38.0 Å². The Labute approximate surface area is 98.7 Å². The molecule has 3 nitrogen and oxygen atoms in total. The van der Waals surface area contributed by atoms with Gasteiger partial charge in [0.15, 0.2) is 0 Å². The van der Waals surface area contributed by atoms with Crippen molar-refractivity contribution < 1.29 is 0 Å². The van der Waals surface area contributed by atoms with Crippen LogP contribution in [0.3, 0.4) is 0 Å². The largest absolute Gasteiger partial charge is 0.327 e. The van der Waals surface area contributed by atoms with Gasteiger partial charge in [0.05, 0.1) is 0 Å². The van der Waals surface area contributed by atoms with Crippen molar-refractivity contribution in [1.82, 2.24) is 9.88 Å². The molecular formula is C13H23N3. The van der Waals surface area contributed by atoms with Crippen LogP contribution in [0.15, 0.2) is 24.4 Å². The number of likely N-dealkylation sites (N-methyl/N-ethyl adjacent to an activating group) is 1. The van der Waals surface area contributed by atoms with Crippen molar-refractivity contribution in [2.24, 2.45) is 5.73 Å². The summed E-state index contributed by atoms with van der Waals surface area (Å²) in [5, 5.41) is 0. The Hall–Kier alpha value is -0.930. The van der Waals surface area contributed by atoms with Gasteiger partial charge in [-0.3, -0.25) is 4.98 Å². The summed E-state index contributed by atoms with van der Waals surface area (Å²) in [5.41, 5.74) is 7.15.